The van der Waals surface area contributed by atoms with Gasteiger partial charge in [0.25, 0.3) is 0 Å². The van der Waals surface area contributed by atoms with Crippen molar-refractivity contribution in [3.8, 4) is 11.5 Å². The van der Waals surface area contributed by atoms with Gasteiger partial charge in [-0.25, -0.2) is 8.42 Å². The summed E-state index contributed by atoms with van der Waals surface area (Å²) in [7, 11) is -1.52. The number of carbonyl (C=O) groups excluding carboxylic acids is 1. The van der Waals surface area contributed by atoms with Crippen LogP contribution >= 0.6 is 0 Å². The van der Waals surface area contributed by atoms with Gasteiger partial charge in [0.1, 0.15) is 0 Å². The van der Waals surface area contributed by atoms with E-state index in [0.717, 1.165) is 11.1 Å². The van der Waals surface area contributed by atoms with Crippen molar-refractivity contribution in [2.24, 2.45) is 0 Å². The summed E-state index contributed by atoms with van der Waals surface area (Å²) in [6, 6.07) is 15.1. The van der Waals surface area contributed by atoms with Gasteiger partial charge in [-0.2, -0.15) is 0 Å². The molecule has 0 aliphatic carbocycles. The van der Waals surface area contributed by atoms with Gasteiger partial charge in [0.05, 0.1) is 25.2 Å². The van der Waals surface area contributed by atoms with E-state index in [1.165, 1.54) is 6.08 Å². The molecule has 1 amide bonds. The van der Waals surface area contributed by atoms with E-state index in [4.69, 9.17) is 9.47 Å². The summed E-state index contributed by atoms with van der Waals surface area (Å²) in [5.74, 6) is 1.21. The molecule has 1 saturated heterocycles. The van der Waals surface area contributed by atoms with E-state index in [1.807, 2.05) is 55.5 Å². The molecule has 0 unspecified atom stereocenters. The Morgan fingerprint density at radius 3 is 2.58 bits per heavy atom. The summed E-state index contributed by atoms with van der Waals surface area (Å²) >= 11 is 0. The molecule has 2 aromatic carbocycles. The Balaban J connectivity index is 1.75. The molecule has 0 N–H and O–H groups in total. The van der Waals surface area contributed by atoms with Gasteiger partial charge in [0, 0.05) is 18.7 Å². The Morgan fingerprint density at radius 1 is 1.16 bits per heavy atom. The number of benzene rings is 2. The predicted octanol–water partition coefficient (Wildman–Crippen LogP) is 3.37. The molecule has 7 heteroatoms. The molecule has 1 aliphatic rings. The first-order valence-corrected chi connectivity index (χ1v) is 12.3. The van der Waals surface area contributed by atoms with Crippen LogP contribution in [-0.4, -0.2) is 57.0 Å². The molecule has 3 rings (SSSR count). The van der Waals surface area contributed by atoms with Crippen molar-refractivity contribution in [1.29, 1.82) is 0 Å². The van der Waals surface area contributed by atoms with Crippen LogP contribution < -0.4 is 9.47 Å². The van der Waals surface area contributed by atoms with Gasteiger partial charge >= 0.3 is 0 Å². The van der Waals surface area contributed by atoms with Gasteiger partial charge in [-0.1, -0.05) is 36.4 Å². The Morgan fingerprint density at radius 2 is 1.94 bits per heavy atom. The first-order chi connectivity index (χ1) is 14.9. The normalized spacial score (nSPS) is 17.5. The monoisotopic (exact) mass is 443 g/mol. The SMILES string of the molecule is CCOc1ccc(/C=C/C(=O)N(CCc2ccccc2)[C@@H]2CCS(=O)(=O)C2)cc1OC. The van der Waals surface area contributed by atoms with E-state index in [9.17, 15) is 13.2 Å². The summed E-state index contributed by atoms with van der Waals surface area (Å²) in [4.78, 5) is 14.7. The first-order valence-electron chi connectivity index (χ1n) is 10.5. The van der Waals surface area contributed by atoms with E-state index in [-0.39, 0.29) is 23.5 Å². The molecule has 31 heavy (non-hydrogen) atoms. The van der Waals surface area contributed by atoms with Crippen LogP contribution in [0.1, 0.15) is 24.5 Å². The molecule has 1 atom stereocenters. The Hall–Kier alpha value is -2.80. The largest absolute Gasteiger partial charge is 0.493 e. The van der Waals surface area contributed by atoms with Gasteiger partial charge in [-0.3, -0.25) is 4.79 Å². The van der Waals surface area contributed by atoms with Crippen molar-refractivity contribution in [3.63, 3.8) is 0 Å². The van der Waals surface area contributed by atoms with Crippen LogP contribution in [0.4, 0.5) is 0 Å². The number of sulfone groups is 1. The standard InChI is InChI=1S/C24H29NO5S/c1-3-30-22-11-9-20(17-23(22)29-2)10-12-24(26)25(21-14-16-31(27,28)18-21)15-13-19-7-5-4-6-8-19/h4-12,17,21H,3,13-16,18H2,1-2H3/b12-10+/t21-/m1/s1. The average molecular weight is 444 g/mol. The van der Waals surface area contributed by atoms with Crippen LogP contribution in [0.25, 0.3) is 6.08 Å². The lowest BCUT2D eigenvalue weighted by atomic mass is 10.1. The minimum Gasteiger partial charge on any atom is -0.493 e. The third-order valence-electron chi connectivity index (χ3n) is 5.32. The summed E-state index contributed by atoms with van der Waals surface area (Å²) in [5, 5.41) is 0. The van der Waals surface area contributed by atoms with Gasteiger partial charge in [0.15, 0.2) is 21.3 Å². The van der Waals surface area contributed by atoms with Crippen LogP contribution in [0.15, 0.2) is 54.6 Å². The average Bonchev–Trinajstić information content (AvgIpc) is 3.13. The molecule has 2 aromatic rings. The lowest BCUT2D eigenvalue weighted by Gasteiger charge is -2.27. The Kier molecular flexibility index (Phi) is 7.74. The second-order valence-electron chi connectivity index (χ2n) is 7.50. The van der Waals surface area contributed by atoms with E-state index in [1.54, 1.807) is 18.1 Å². The third kappa shape index (κ3) is 6.34. The van der Waals surface area contributed by atoms with Gasteiger partial charge in [-0.05, 0) is 49.1 Å². The van der Waals surface area contributed by atoms with Crippen LogP contribution in [-0.2, 0) is 21.1 Å². The maximum absolute atomic E-state index is 13.0. The molecule has 1 heterocycles. The smallest absolute Gasteiger partial charge is 0.246 e. The fourth-order valence-electron chi connectivity index (χ4n) is 3.71. The van der Waals surface area contributed by atoms with Crippen LogP contribution in [0.2, 0.25) is 0 Å². The minimum absolute atomic E-state index is 0.0260. The molecular weight excluding hydrogens is 414 g/mol. The summed E-state index contributed by atoms with van der Waals surface area (Å²) < 4.78 is 34.9. The lowest BCUT2D eigenvalue weighted by Crippen LogP contribution is -2.41. The van der Waals surface area contributed by atoms with E-state index in [0.29, 0.717) is 37.5 Å². The molecule has 0 bridgehead atoms. The van der Waals surface area contributed by atoms with E-state index < -0.39 is 9.84 Å². The van der Waals surface area contributed by atoms with Crippen molar-refractivity contribution in [2.45, 2.75) is 25.8 Å². The van der Waals surface area contributed by atoms with Gasteiger partial charge < -0.3 is 14.4 Å². The van der Waals surface area contributed by atoms with Crippen LogP contribution in [0.5, 0.6) is 11.5 Å². The molecule has 6 nitrogen and oxygen atoms in total. The highest BCUT2D eigenvalue weighted by atomic mass is 32.2. The van der Waals surface area contributed by atoms with E-state index in [2.05, 4.69) is 0 Å². The number of rotatable bonds is 9. The highest BCUT2D eigenvalue weighted by molar-refractivity contribution is 7.91. The molecule has 1 aliphatic heterocycles. The first kappa shape index (κ1) is 22.9. The van der Waals surface area contributed by atoms with Crippen molar-refractivity contribution in [1.82, 2.24) is 4.90 Å². The number of amides is 1. The number of hydrogen-bond donors (Lipinski definition) is 0. The maximum atomic E-state index is 13.0. The Labute approximate surface area is 184 Å². The van der Waals surface area contributed by atoms with Gasteiger partial charge in [-0.15, -0.1) is 0 Å². The number of methoxy groups -OCH3 is 1. The van der Waals surface area contributed by atoms with Crippen LogP contribution in [0.3, 0.4) is 0 Å². The number of nitrogens with zero attached hydrogens (tertiary/aromatic N) is 1. The zero-order valence-electron chi connectivity index (χ0n) is 18.0. The van der Waals surface area contributed by atoms with E-state index >= 15 is 0 Å². The molecule has 166 valence electrons. The minimum atomic E-state index is -3.09. The fraction of sp³-hybridized carbons (Fsp3) is 0.375. The molecular formula is C24H29NO5S. The van der Waals surface area contributed by atoms with Crippen molar-refractivity contribution in [3.05, 3.63) is 65.7 Å². The quantitative estimate of drug-likeness (QED) is 0.556. The maximum Gasteiger partial charge on any atom is 0.246 e. The second-order valence-corrected chi connectivity index (χ2v) is 9.73. The van der Waals surface area contributed by atoms with Gasteiger partial charge in [0.2, 0.25) is 5.91 Å². The molecule has 0 aromatic heterocycles. The molecule has 1 fully saturated rings. The topological polar surface area (TPSA) is 72.9 Å². The van der Waals surface area contributed by atoms with Crippen molar-refractivity contribution >= 4 is 21.8 Å². The Bertz CT molecular complexity index is 1020. The number of ether oxygens (including phenoxy) is 2. The van der Waals surface area contributed by atoms with Crippen molar-refractivity contribution in [2.75, 3.05) is 31.8 Å². The second kappa shape index (κ2) is 10.5. The summed E-state index contributed by atoms with van der Waals surface area (Å²) in [6.07, 6.45) is 4.38. The molecule has 0 radical (unpaired) electrons. The predicted molar refractivity (Wildman–Crippen MR) is 122 cm³/mol. The zero-order chi connectivity index (χ0) is 22.3. The lowest BCUT2D eigenvalue weighted by molar-refractivity contribution is -0.127. The molecule has 0 saturated carbocycles. The summed E-state index contributed by atoms with van der Waals surface area (Å²) in [6.45, 7) is 2.91. The highest BCUT2D eigenvalue weighted by Crippen LogP contribution is 2.28. The zero-order valence-corrected chi connectivity index (χ0v) is 18.8. The summed E-state index contributed by atoms with van der Waals surface area (Å²) in [5.41, 5.74) is 1.91. The molecule has 0 spiro atoms. The third-order valence-corrected chi connectivity index (χ3v) is 7.07. The fourth-order valence-corrected chi connectivity index (χ4v) is 5.44. The number of carbonyl (C=O) groups is 1. The van der Waals surface area contributed by atoms with Crippen molar-refractivity contribution < 1.29 is 22.7 Å². The van der Waals surface area contributed by atoms with Crippen LogP contribution in [0, 0.1) is 0 Å². The highest BCUT2D eigenvalue weighted by Gasteiger charge is 2.33. The number of hydrogen-bond acceptors (Lipinski definition) is 5.